The van der Waals surface area contributed by atoms with Crippen molar-refractivity contribution < 1.29 is 28.6 Å². The molecule has 0 radical (unpaired) electrons. The average molecular weight is 315 g/mol. The summed E-state index contributed by atoms with van der Waals surface area (Å²) in [6, 6.07) is 8.71. The van der Waals surface area contributed by atoms with Crippen LogP contribution in [0.1, 0.15) is 31.9 Å². The molecule has 1 nitrogen and oxygen atoms in total. The maximum atomic E-state index is 2.38. The number of nitrogens with zero attached hydrogens (tertiary/aromatic N) is 1. The zero-order valence-corrected chi connectivity index (χ0v) is 12.0. The molecule has 15 heavy (non-hydrogen) atoms. The van der Waals surface area contributed by atoms with E-state index in [1.165, 1.54) is 16.8 Å². The molecule has 1 aliphatic heterocycles. The summed E-state index contributed by atoms with van der Waals surface area (Å²) in [5, 5.41) is 0. The van der Waals surface area contributed by atoms with Crippen molar-refractivity contribution in [2.45, 2.75) is 32.7 Å². The molecule has 0 saturated carbocycles. The molecule has 1 aliphatic rings. The van der Waals surface area contributed by atoms with Crippen LogP contribution in [0.5, 0.6) is 0 Å². The van der Waals surface area contributed by atoms with E-state index in [2.05, 4.69) is 56.7 Å². The molecule has 2 heteroatoms. The second-order valence-corrected chi connectivity index (χ2v) is 4.79. The first kappa shape index (κ1) is 12.7. The molecule has 0 N–H and O–H groups in total. The van der Waals surface area contributed by atoms with Crippen molar-refractivity contribution in [1.82, 2.24) is 0 Å². The summed E-state index contributed by atoms with van der Waals surface area (Å²) in [5.74, 6) is 0. The summed E-state index contributed by atoms with van der Waals surface area (Å²) >= 11 is 0. The van der Waals surface area contributed by atoms with Crippen molar-refractivity contribution in [3.63, 3.8) is 0 Å². The van der Waals surface area contributed by atoms with E-state index in [9.17, 15) is 0 Å². The van der Waals surface area contributed by atoms with Crippen molar-refractivity contribution in [2.24, 2.45) is 0 Å². The Balaban J connectivity index is 0.00000112. The summed E-state index contributed by atoms with van der Waals surface area (Å²) in [6.45, 7) is 6.80. The zero-order chi connectivity index (χ0) is 10.3. The highest BCUT2D eigenvalue weighted by atomic mass is 127. The summed E-state index contributed by atoms with van der Waals surface area (Å²) < 4.78 is 2.38. The highest BCUT2D eigenvalue weighted by Gasteiger charge is 2.35. The first-order valence-corrected chi connectivity index (χ1v) is 5.18. The Morgan fingerprint density at radius 3 is 2.47 bits per heavy atom. The molecule has 2 rings (SSSR count). The van der Waals surface area contributed by atoms with Crippen LogP contribution in [0.3, 0.4) is 0 Å². The van der Waals surface area contributed by atoms with Crippen LogP contribution < -0.4 is 24.0 Å². The lowest BCUT2D eigenvalue weighted by Gasteiger charge is -2.28. The predicted octanol–water partition coefficient (Wildman–Crippen LogP) is -0.523. The Labute approximate surface area is 109 Å². The van der Waals surface area contributed by atoms with Crippen molar-refractivity contribution in [1.29, 1.82) is 0 Å². The Bertz CT molecular complexity index is 405. The Morgan fingerprint density at radius 2 is 1.80 bits per heavy atom. The van der Waals surface area contributed by atoms with Crippen LogP contribution in [0.25, 0.3) is 0 Å². The van der Waals surface area contributed by atoms with Gasteiger partial charge in [0.05, 0.1) is 0 Å². The molecule has 0 aromatic heterocycles. The van der Waals surface area contributed by atoms with Crippen molar-refractivity contribution in [2.75, 3.05) is 7.05 Å². The van der Waals surface area contributed by atoms with Gasteiger partial charge in [-0.05, 0) is 11.6 Å². The summed E-state index contributed by atoms with van der Waals surface area (Å²) in [7, 11) is 2.19. The van der Waals surface area contributed by atoms with Gasteiger partial charge in [0.15, 0.2) is 11.3 Å². The first-order chi connectivity index (χ1) is 6.52. The molecular weight excluding hydrogens is 297 g/mol. The quantitative estimate of drug-likeness (QED) is 0.448. The van der Waals surface area contributed by atoms with Gasteiger partial charge in [0.1, 0.15) is 7.05 Å². The number of fused-ring (bicyclic) bond motifs is 1. The third-order valence-electron chi connectivity index (χ3n) is 3.44. The van der Waals surface area contributed by atoms with E-state index in [-0.39, 0.29) is 29.5 Å². The third kappa shape index (κ3) is 2.10. The van der Waals surface area contributed by atoms with Crippen LogP contribution in [0.4, 0.5) is 0 Å². The lowest BCUT2D eigenvalue weighted by molar-refractivity contribution is -0.576. The molecule has 0 saturated heterocycles. The van der Waals surface area contributed by atoms with E-state index in [0.29, 0.717) is 0 Å². The number of halogens is 1. The number of hydrogen-bond donors (Lipinski definition) is 0. The van der Waals surface area contributed by atoms with Gasteiger partial charge in [0.25, 0.3) is 0 Å². The van der Waals surface area contributed by atoms with Gasteiger partial charge in [-0.15, -0.1) is 0 Å². The SMILES string of the molecule is CC1=[N+](C)C(C)(C)Cc2ccccc21.[I-]. The summed E-state index contributed by atoms with van der Waals surface area (Å²) in [5.41, 5.74) is 4.53. The largest absolute Gasteiger partial charge is 1.00 e. The molecule has 0 aliphatic carbocycles. The smallest absolute Gasteiger partial charge is 0.180 e. The fourth-order valence-electron chi connectivity index (χ4n) is 2.25. The van der Waals surface area contributed by atoms with Gasteiger partial charge in [-0.1, -0.05) is 18.2 Å². The molecule has 1 aromatic carbocycles. The summed E-state index contributed by atoms with van der Waals surface area (Å²) in [6.07, 6.45) is 1.14. The first-order valence-electron chi connectivity index (χ1n) is 5.18. The van der Waals surface area contributed by atoms with E-state index in [1.54, 1.807) is 0 Å². The van der Waals surface area contributed by atoms with Gasteiger partial charge in [0.2, 0.25) is 0 Å². The van der Waals surface area contributed by atoms with Gasteiger partial charge < -0.3 is 24.0 Å². The van der Waals surface area contributed by atoms with Crippen molar-refractivity contribution in [3.05, 3.63) is 35.4 Å². The van der Waals surface area contributed by atoms with E-state index in [0.717, 1.165) is 6.42 Å². The topological polar surface area (TPSA) is 3.01 Å². The maximum Gasteiger partial charge on any atom is 0.180 e. The van der Waals surface area contributed by atoms with Crippen LogP contribution in [-0.2, 0) is 6.42 Å². The van der Waals surface area contributed by atoms with Gasteiger partial charge in [0, 0.05) is 32.8 Å². The van der Waals surface area contributed by atoms with E-state index >= 15 is 0 Å². The Kier molecular flexibility index (Phi) is 3.59. The lowest BCUT2D eigenvalue weighted by Crippen LogP contribution is -3.00. The fourth-order valence-corrected chi connectivity index (χ4v) is 2.25. The molecule has 0 unspecified atom stereocenters. The van der Waals surface area contributed by atoms with E-state index in [1.807, 2.05) is 0 Å². The Hall–Kier alpha value is -0.380. The number of hydrogen-bond acceptors (Lipinski definition) is 0. The molecule has 82 valence electrons. The van der Waals surface area contributed by atoms with Gasteiger partial charge >= 0.3 is 0 Å². The van der Waals surface area contributed by atoms with Gasteiger partial charge in [-0.25, -0.2) is 4.58 Å². The second kappa shape index (κ2) is 4.24. The monoisotopic (exact) mass is 315 g/mol. The molecular formula is C13H18IN. The number of benzene rings is 1. The van der Waals surface area contributed by atoms with Crippen LogP contribution >= 0.6 is 0 Å². The number of rotatable bonds is 0. The zero-order valence-electron chi connectivity index (χ0n) is 9.84. The second-order valence-electron chi connectivity index (χ2n) is 4.79. The van der Waals surface area contributed by atoms with Crippen LogP contribution in [0, 0.1) is 0 Å². The molecule has 0 spiro atoms. The van der Waals surface area contributed by atoms with E-state index in [4.69, 9.17) is 0 Å². The Morgan fingerprint density at radius 1 is 1.20 bits per heavy atom. The molecule has 0 amide bonds. The minimum absolute atomic E-state index is 0. The average Bonchev–Trinajstić information content (AvgIpc) is 2.14. The minimum atomic E-state index is 0. The molecule has 0 fully saturated rings. The highest BCUT2D eigenvalue weighted by Crippen LogP contribution is 2.25. The van der Waals surface area contributed by atoms with Crippen molar-refractivity contribution >= 4 is 5.71 Å². The molecule has 0 bridgehead atoms. The minimum Gasteiger partial charge on any atom is -1.00 e. The summed E-state index contributed by atoms with van der Waals surface area (Å²) in [4.78, 5) is 0. The van der Waals surface area contributed by atoms with Crippen LogP contribution in [0.2, 0.25) is 0 Å². The molecule has 1 heterocycles. The lowest BCUT2D eigenvalue weighted by atomic mass is 9.86. The van der Waals surface area contributed by atoms with Crippen LogP contribution in [0.15, 0.2) is 24.3 Å². The van der Waals surface area contributed by atoms with Crippen LogP contribution in [-0.4, -0.2) is 22.9 Å². The molecule has 0 atom stereocenters. The normalized spacial score (nSPS) is 18.1. The van der Waals surface area contributed by atoms with Gasteiger partial charge in [-0.3, -0.25) is 0 Å². The highest BCUT2D eigenvalue weighted by molar-refractivity contribution is 5.97. The van der Waals surface area contributed by atoms with E-state index < -0.39 is 0 Å². The van der Waals surface area contributed by atoms with Gasteiger partial charge in [-0.2, -0.15) is 0 Å². The maximum absolute atomic E-state index is 2.38. The predicted molar refractivity (Wildman–Crippen MR) is 60.2 cm³/mol. The fraction of sp³-hybridized carbons (Fsp3) is 0.462. The third-order valence-corrected chi connectivity index (χ3v) is 3.44. The van der Waals surface area contributed by atoms with Crippen molar-refractivity contribution in [3.8, 4) is 0 Å². The standard InChI is InChI=1S/C13H18N.HI/c1-10-12-8-6-5-7-11(12)9-13(2,3)14(10)4;/h5-8H,9H2,1-4H3;1H/q+1;/p-1. The molecule has 1 aromatic rings. The number of likely N-dealkylation sites (N-methyl/N-ethyl adjacent to an activating group) is 1.